The highest BCUT2D eigenvalue weighted by atomic mass is 35.5. The van der Waals surface area contributed by atoms with E-state index in [0.29, 0.717) is 17.3 Å². The first kappa shape index (κ1) is 14.6. The van der Waals surface area contributed by atoms with Gasteiger partial charge < -0.3 is 10.6 Å². The molecule has 2 rings (SSSR count). The normalized spacial score (nSPS) is 11.9. The molecular formula is C16H17ClN2O. The van der Waals surface area contributed by atoms with Crippen LogP contribution < -0.4 is 10.6 Å². The van der Waals surface area contributed by atoms with Crippen LogP contribution in [0.15, 0.2) is 54.6 Å². The van der Waals surface area contributed by atoms with E-state index in [1.807, 2.05) is 43.3 Å². The van der Waals surface area contributed by atoms with Gasteiger partial charge >= 0.3 is 0 Å². The first-order chi connectivity index (χ1) is 9.65. The topological polar surface area (TPSA) is 41.1 Å². The summed E-state index contributed by atoms with van der Waals surface area (Å²) in [6, 6.07) is 16.8. The van der Waals surface area contributed by atoms with Crippen LogP contribution in [-0.2, 0) is 11.3 Å². The van der Waals surface area contributed by atoms with E-state index in [-0.39, 0.29) is 11.9 Å². The van der Waals surface area contributed by atoms with Crippen LogP contribution in [0, 0.1) is 0 Å². The summed E-state index contributed by atoms with van der Waals surface area (Å²) in [6.07, 6.45) is 0. The molecule has 0 aliphatic rings. The van der Waals surface area contributed by atoms with Crippen LogP contribution in [0.25, 0.3) is 0 Å². The van der Waals surface area contributed by atoms with Gasteiger partial charge in [-0.3, -0.25) is 4.79 Å². The zero-order valence-corrected chi connectivity index (χ0v) is 12.0. The van der Waals surface area contributed by atoms with Gasteiger partial charge in [0.2, 0.25) is 5.91 Å². The summed E-state index contributed by atoms with van der Waals surface area (Å²) >= 11 is 5.88. The molecule has 0 bridgehead atoms. The van der Waals surface area contributed by atoms with Gasteiger partial charge in [-0.1, -0.05) is 48.0 Å². The molecule has 0 heterocycles. The van der Waals surface area contributed by atoms with E-state index in [4.69, 9.17) is 11.6 Å². The summed E-state index contributed by atoms with van der Waals surface area (Å²) in [4.78, 5) is 12.0. The highest BCUT2D eigenvalue weighted by molar-refractivity contribution is 6.30. The Morgan fingerprint density at radius 3 is 2.60 bits per heavy atom. The van der Waals surface area contributed by atoms with Crippen molar-refractivity contribution in [2.75, 3.05) is 5.32 Å². The van der Waals surface area contributed by atoms with Crippen molar-refractivity contribution in [2.45, 2.75) is 19.5 Å². The summed E-state index contributed by atoms with van der Waals surface area (Å²) in [6.45, 7) is 2.49. The van der Waals surface area contributed by atoms with Crippen LogP contribution in [0.4, 0.5) is 5.69 Å². The minimum Gasteiger partial charge on any atom is -0.325 e. The molecule has 2 aromatic carbocycles. The van der Waals surface area contributed by atoms with Crippen molar-refractivity contribution in [3.63, 3.8) is 0 Å². The Morgan fingerprint density at radius 1 is 1.15 bits per heavy atom. The number of halogens is 1. The molecule has 1 unspecified atom stereocenters. The number of anilines is 1. The predicted octanol–water partition coefficient (Wildman–Crippen LogP) is 3.46. The van der Waals surface area contributed by atoms with E-state index in [9.17, 15) is 4.79 Å². The second-order valence-corrected chi connectivity index (χ2v) is 5.02. The lowest BCUT2D eigenvalue weighted by Gasteiger charge is -2.14. The monoisotopic (exact) mass is 288 g/mol. The fourth-order valence-corrected chi connectivity index (χ4v) is 1.97. The summed E-state index contributed by atoms with van der Waals surface area (Å²) in [5.41, 5.74) is 1.85. The lowest BCUT2D eigenvalue weighted by Crippen LogP contribution is -2.37. The molecular weight excluding hydrogens is 272 g/mol. The fourth-order valence-electron chi connectivity index (χ4n) is 1.78. The van der Waals surface area contributed by atoms with E-state index in [0.717, 1.165) is 5.56 Å². The predicted molar refractivity (Wildman–Crippen MR) is 82.8 cm³/mol. The van der Waals surface area contributed by atoms with Gasteiger partial charge in [-0.05, 0) is 30.7 Å². The first-order valence-corrected chi connectivity index (χ1v) is 6.86. The molecule has 2 aromatic rings. The lowest BCUT2D eigenvalue weighted by molar-refractivity contribution is -0.117. The van der Waals surface area contributed by atoms with Crippen molar-refractivity contribution in [1.29, 1.82) is 0 Å². The van der Waals surface area contributed by atoms with Crippen molar-refractivity contribution in [3.05, 3.63) is 65.2 Å². The van der Waals surface area contributed by atoms with Crippen LogP contribution in [0.2, 0.25) is 5.02 Å². The second kappa shape index (κ2) is 7.08. The third-order valence-electron chi connectivity index (χ3n) is 2.94. The zero-order chi connectivity index (χ0) is 14.4. The number of carbonyl (C=O) groups is 1. The average Bonchev–Trinajstić information content (AvgIpc) is 2.46. The second-order valence-electron chi connectivity index (χ2n) is 4.59. The van der Waals surface area contributed by atoms with Gasteiger partial charge in [-0.15, -0.1) is 0 Å². The highest BCUT2D eigenvalue weighted by Gasteiger charge is 2.12. The maximum Gasteiger partial charge on any atom is 0.241 e. The van der Waals surface area contributed by atoms with E-state index in [2.05, 4.69) is 10.6 Å². The van der Waals surface area contributed by atoms with Gasteiger partial charge in [0, 0.05) is 17.3 Å². The number of nitrogens with one attached hydrogen (secondary N) is 2. The molecule has 104 valence electrons. The standard InChI is InChI=1S/C16H17ClN2O/c1-12(18-11-13-6-3-2-4-7-13)16(20)19-15-9-5-8-14(17)10-15/h2-10,12,18H,11H2,1H3,(H,19,20). The smallest absolute Gasteiger partial charge is 0.241 e. The van der Waals surface area contributed by atoms with E-state index < -0.39 is 0 Å². The van der Waals surface area contributed by atoms with Crippen LogP contribution in [0.3, 0.4) is 0 Å². The maximum absolute atomic E-state index is 12.0. The van der Waals surface area contributed by atoms with Gasteiger partial charge in [-0.25, -0.2) is 0 Å². The van der Waals surface area contributed by atoms with Crippen LogP contribution in [0.1, 0.15) is 12.5 Å². The molecule has 0 aromatic heterocycles. The Kier molecular flexibility index (Phi) is 5.16. The van der Waals surface area contributed by atoms with Crippen molar-refractivity contribution >= 4 is 23.2 Å². The number of rotatable bonds is 5. The van der Waals surface area contributed by atoms with Crippen molar-refractivity contribution in [1.82, 2.24) is 5.32 Å². The maximum atomic E-state index is 12.0. The van der Waals surface area contributed by atoms with Gasteiger partial charge in [0.15, 0.2) is 0 Å². The third kappa shape index (κ3) is 4.37. The van der Waals surface area contributed by atoms with Gasteiger partial charge in [0.05, 0.1) is 6.04 Å². The number of amides is 1. The lowest BCUT2D eigenvalue weighted by atomic mass is 10.2. The Morgan fingerprint density at radius 2 is 1.90 bits per heavy atom. The van der Waals surface area contributed by atoms with Crippen LogP contribution >= 0.6 is 11.6 Å². The molecule has 1 atom stereocenters. The fraction of sp³-hybridized carbons (Fsp3) is 0.188. The molecule has 3 nitrogen and oxygen atoms in total. The molecule has 0 aliphatic heterocycles. The first-order valence-electron chi connectivity index (χ1n) is 6.49. The molecule has 0 fully saturated rings. The van der Waals surface area contributed by atoms with E-state index in [1.165, 1.54) is 0 Å². The zero-order valence-electron chi connectivity index (χ0n) is 11.3. The van der Waals surface area contributed by atoms with Gasteiger partial charge in [0.25, 0.3) is 0 Å². The Hall–Kier alpha value is -1.84. The Labute approximate surface area is 124 Å². The molecule has 0 radical (unpaired) electrons. The summed E-state index contributed by atoms with van der Waals surface area (Å²) in [7, 11) is 0. The quantitative estimate of drug-likeness (QED) is 0.885. The summed E-state index contributed by atoms with van der Waals surface area (Å²) in [5.74, 6) is -0.0804. The molecule has 20 heavy (non-hydrogen) atoms. The number of benzene rings is 2. The van der Waals surface area contributed by atoms with Gasteiger partial charge in [-0.2, -0.15) is 0 Å². The molecule has 2 N–H and O–H groups in total. The summed E-state index contributed by atoms with van der Waals surface area (Å²) in [5, 5.41) is 6.63. The van der Waals surface area contributed by atoms with Crippen LogP contribution in [0.5, 0.6) is 0 Å². The van der Waals surface area contributed by atoms with Crippen molar-refractivity contribution in [2.24, 2.45) is 0 Å². The molecule has 0 saturated carbocycles. The third-order valence-corrected chi connectivity index (χ3v) is 3.18. The SMILES string of the molecule is CC(NCc1ccccc1)C(=O)Nc1cccc(Cl)c1. The highest BCUT2D eigenvalue weighted by Crippen LogP contribution is 2.15. The van der Waals surface area contributed by atoms with Crippen LogP contribution in [-0.4, -0.2) is 11.9 Å². The minimum atomic E-state index is -0.283. The number of hydrogen-bond acceptors (Lipinski definition) is 2. The van der Waals surface area contributed by atoms with E-state index >= 15 is 0 Å². The Bertz CT molecular complexity index is 572. The molecule has 4 heteroatoms. The number of carbonyl (C=O) groups excluding carboxylic acids is 1. The van der Waals surface area contributed by atoms with Crippen molar-refractivity contribution in [3.8, 4) is 0 Å². The van der Waals surface area contributed by atoms with E-state index in [1.54, 1.807) is 18.2 Å². The molecule has 0 spiro atoms. The molecule has 0 saturated heterocycles. The summed E-state index contributed by atoms with van der Waals surface area (Å²) < 4.78 is 0. The van der Waals surface area contributed by atoms with Crippen molar-refractivity contribution < 1.29 is 4.79 Å². The average molecular weight is 289 g/mol. The Balaban J connectivity index is 1.86. The largest absolute Gasteiger partial charge is 0.325 e. The van der Waals surface area contributed by atoms with Gasteiger partial charge in [0.1, 0.15) is 0 Å². The number of hydrogen-bond donors (Lipinski definition) is 2. The minimum absolute atomic E-state index is 0.0804. The molecule has 0 aliphatic carbocycles. The molecule has 1 amide bonds.